The molecule has 1 aromatic carbocycles. The van der Waals surface area contributed by atoms with E-state index >= 15 is 0 Å². The highest BCUT2D eigenvalue weighted by Crippen LogP contribution is 2.02. The fourth-order valence-corrected chi connectivity index (χ4v) is 1.41. The van der Waals surface area contributed by atoms with E-state index in [1.54, 1.807) is 24.3 Å². The molecule has 1 heterocycles. The van der Waals surface area contributed by atoms with Gasteiger partial charge in [0, 0.05) is 13.1 Å². The Morgan fingerprint density at radius 2 is 1.88 bits per heavy atom. The van der Waals surface area contributed by atoms with Gasteiger partial charge in [-0.25, -0.2) is 0 Å². The topological polar surface area (TPSA) is 64.0 Å². The molecule has 0 unspecified atom stereocenters. The molecule has 5 heteroatoms. The van der Waals surface area contributed by atoms with Crippen molar-refractivity contribution in [2.45, 2.75) is 0 Å². The number of nitrogens with one attached hydrogen (secondary N) is 1. The van der Waals surface area contributed by atoms with E-state index in [0.29, 0.717) is 5.69 Å². The summed E-state index contributed by atoms with van der Waals surface area (Å²) in [7, 11) is 1.52. The standard InChI is InChI=1S/C12H11N3O2/c1-13-12(17)10-7-8-11(16)15(14-10)9-5-3-2-4-6-9/h2-8H,1H3,(H,13,17). The van der Waals surface area contributed by atoms with Crippen LogP contribution in [0.4, 0.5) is 0 Å². The first-order chi connectivity index (χ1) is 8.22. The van der Waals surface area contributed by atoms with E-state index in [9.17, 15) is 9.59 Å². The van der Waals surface area contributed by atoms with Crippen molar-refractivity contribution in [3.05, 3.63) is 58.5 Å². The third-order valence-corrected chi connectivity index (χ3v) is 2.26. The molecule has 0 atom stereocenters. The number of rotatable bonds is 2. The number of amides is 1. The maximum atomic E-state index is 11.7. The highest BCUT2D eigenvalue weighted by Gasteiger charge is 2.08. The van der Waals surface area contributed by atoms with Gasteiger partial charge in [0.15, 0.2) is 0 Å². The number of carbonyl (C=O) groups excluding carboxylic acids is 1. The fraction of sp³-hybridized carbons (Fsp3) is 0.0833. The summed E-state index contributed by atoms with van der Waals surface area (Å²) in [6.45, 7) is 0. The van der Waals surface area contributed by atoms with Crippen LogP contribution in [0.25, 0.3) is 5.69 Å². The van der Waals surface area contributed by atoms with Gasteiger partial charge in [0.1, 0.15) is 5.69 Å². The molecule has 0 radical (unpaired) electrons. The van der Waals surface area contributed by atoms with E-state index < -0.39 is 0 Å². The Hall–Kier alpha value is -2.43. The summed E-state index contributed by atoms with van der Waals surface area (Å²) in [4.78, 5) is 23.1. The van der Waals surface area contributed by atoms with E-state index in [0.717, 1.165) is 0 Å². The summed E-state index contributed by atoms with van der Waals surface area (Å²) < 4.78 is 1.20. The number of benzene rings is 1. The Morgan fingerprint density at radius 3 is 2.53 bits per heavy atom. The molecule has 1 N–H and O–H groups in total. The molecule has 0 aliphatic carbocycles. The second kappa shape index (κ2) is 4.61. The quantitative estimate of drug-likeness (QED) is 0.819. The van der Waals surface area contributed by atoms with Crippen LogP contribution in [0.2, 0.25) is 0 Å². The largest absolute Gasteiger partial charge is 0.354 e. The van der Waals surface area contributed by atoms with Crippen molar-refractivity contribution < 1.29 is 4.79 Å². The minimum atomic E-state index is -0.324. The van der Waals surface area contributed by atoms with Gasteiger partial charge < -0.3 is 5.32 Å². The summed E-state index contributed by atoms with van der Waals surface area (Å²) in [5.74, 6) is -0.324. The van der Waals surface area contributed by atoms with Crippen molar-refractivity contribution >= 4 is 5.91 Å². The predicted octanol–water partition coefficient (Wildman–Crippen LogP) is 0.592. The Morgan fingerprint density at radius 1 is 1.18 bits per heavy atom. The molecule has 2 aromatic rings. The SMILES string of the molecule is CNC(=O)c1ccc(=O)n(-c2ccccc2)n1. The Bertz CT molecular complexity index is 590. The van der Waals surface area contributed by atoms with Gasteiger partial charge in [-0.3, -0.25) is 9.59 Å². The van der Waals surface area contributed by atoms with Gasteiger partial charge in [0.2, 0.25) is 0 Å². The third-order valence-electron chi connectivity index (χ3n) is 2.26. The van der Waals surface area contributed by atoms with Gasteiger partial charge in [-0.05, 0) is 18.2 Å². The maximum Gasteiger partial charge on any atom is 0.271 e. The molecule has 0 fully saturated rings. The Balaban J connectivity index is 2.55. The summed E-state index contributed by atoms with van der Waals surface area (Å²) in [5.41, 5.74) is 0.558. The molecular weight excluding hydrogens is 218 g/mol. The molecule has 0 aliphatic rings. The zero-order valence-corrected chi connectivity index (χ0v) is 9.25. The Kier molecular flexibility index (Phi) is 3.00. The minimum Gasteiger partial charge on any atom is -0.354 e. The lowest BCUT2D eigenvalue weighted by Crippen LogP contribution is -2.26. The number of para-hydroxylation sites is 1. The first-order valence-electron chi connectivity index (χ1n) is 5.10. The number of nitrogens with zero attached hydrogens (tertiary/aromatic N) is 2. The number of carbonyl (C=O) groups is 1. The smallest absolute Gasteiger partial charge is 0.271 e. The van der Waals surface area contributed by atoms with E-state index in [1.807, 2.05) is 6.07 Å². The van der Waals surface area contributed by atoms with Crippen LogP contribution < -0.4 is 10.9 Å². The number of hydrogen-bond acceptors (Lipinski definition) is 3. The first kappa shape index (κ1) is 11.1. The summed E-state index contributed by atoms with van der Waals surface area (Å²) >= 11 is 0. The summed E-state index contributed by atoms with van der Waals surface area (Å²) in [6, 6.07) is 11.7. The minimum absolute atomic E-state index is 0.205. The van der Waals surface area contributed by atoms with Crippen molar-refractivity contribution in [3.63, 3.8) is 0 Å². The van der Waals surface area contributed by atoms with Crippen LogP contribution in [0, 0.1) is 0 Å². The maximum absolute atomic E-state index is 11.7. The molecule has 0 saturated carbocycles. The summed E-state index contributed by atoms with van der Waals surface area (Å²) in [6.07, 6.45) is 0. The average Bonchev–Trinajstić information content (AvgIpc) is 2.39. The number of hydrogen-bond donors (Lipinski definition) is 1. The fourth-order valence-electron chi connectivity index (χ4n) is 1.41. The third kappa shape index (κ3) is 2.23. The van der Waals surface area contributed by atoms with Crippen molar-refractivity contribution in [1.82, 2.24) is 15.1 Å². The van der Waals surface area contributed by atoms with Gasteiger partial charge >= 0.3 is 0 Å². The van der Waals surface area contributed by atoms with Crippen molar-refractivity contribution in [2.75, 3.05) is 7.05 Å². The molecule has 1 amide bonds. The molecule has 5 nitrogen and oxygen atoms in total. The van der Waals surface area contributed by atoms with Crippen molar-refractivity contribution in [2.24, 2.45) is 0 Å². The number of aromatic nitrogens is 2. The lowest BCUT2D eigenvalue weighted by molar-refractivity contribution is 0.0956. The average molecular weight is 229 g/mol. The van der Waals surface area contributed by atoms with Gasteiger partial charge in [-0.1, -0.05) is 18.2 Å². The zero-order valence-electron chi connectivity index (χ0n) is 9.25. The Labute approximate surface area is 97.7 Å². The molecule has 0 saturated heterocycles. The summed E-state index contributed by atoms with van der Waals surface area (Å²) in [5, 5.41) is 6.47. The van der Waals surface area contributed by atoms with Crippen LogP contribution in [0.5, 0.6) is 0 Å². The van der Waals surface area contributed by atoms with Crippen LogP contribution in [0.15, 0.2) is 47.3 Å². The lowest BCUT2D eigenvalue weighted by Gasteiger charge is -2.05. The lowest BCUT2D eigenvalue weighted by atomic mass is 10.3. The van der Waals surface area contributed by atoms with Crippen LogP contribution in [-0.4, -0.2) is 22.7 Å². The zero-order chi connectivity index (χ0) is 12.3. The van der Waals surface area contributed by atoms with Crippen molar-refractivity contribution in [1.29, 1.82) is 0 Å². The van der Waals surface area contributed by atoms with Crippen LogP contribution in [-0.2, 0) is 0 Å². The van der Waals surface area contributed by atoms with Gasteiger partial charge in [-0.15, -0.1) is 0 Å². The van der Waals surface area contributed by atoms with Gasteiger partial charge in [-0.2, -0.15) is 9.78 Å². The van der Waals surface area contributed by atoms with Crippen LogP contribution >= 0.6 is 0 Å². The van der Waals surface area contributed by atoms with Gasteiger partial charge in [0.25, 0.3) is 11.5 Å². The predicted molar refractivity (Wildman–Crippen MR) is 63.2 cm³/mol. The highest BCUT2D eigenvalue weighted by atomic mass is 16.2. The molecule has 0 spiro atoms. The normalized spacial score (nSPS) is 9.94. The van der Waals surface area contributed by atoms with E-state index in [-0.39, 0.29) is 17.2 Å². The first-order valence-corrected chi connectivity index (χ1v) is 5.10. The van der Waals surface area contributed by atoms with E-state index in [1.165, 1.54) is 23.9 Å². The van der Waals surface area contributed by atoms with Gasteiger partial charge in [0.05, 0.1) is 5.69 Å². The molecule has 86 valence electrons. The van der Waals surface area contributed by atoms with Crippen molar-refractivity contribution in [3.8, 4) is 5.69 Å². The highest BCUT2D eigenvalue weighted by molar-refractivity contribution is 5.91. The molecule has 1 aromatic heterocycles. The van der Waals surface area contributed by atoms with Crippen LogP contribution in [0.3, 0.4) is 0 Å². The molecule has 0 aliphatic heterocycles. The molecular formula is C12H11N3O2. The molecule has 2 rings (SSSR count). The van der Waals surface area contributed by atoms with E-state index in [2.05, 4.69) is 10.4 Å². The molecule has 0 bridgehead atoms. The monoisotopic (exact) mass is 229 g/mol. The second-order valence-corrected chi connectivity index (χ2v) is 3.38. The second-order valence-electron chi connectivity index (χ2n) is 3.38. The molecule has 17 heavy (non-hydrogen) atoms. The van der Waals surface area contributed by atoms with Crippen LogP contribution in [0.1, 0.15) is 10.5 Å². The van der Waals surface area contributed by atoms with E-state index in [4.69, 9.17) is 0 Å².